The minimum Gasteiger partial charge on any atom is -0.493 e. The molecule has 256 valence electrons. The Morgan fingerprint density at radius 1 is 0.780 bits per heavy atom. The van der Waals surface area contributed by atoms with E-state index < -0.39 is 0 Å². The summed E-state index contributed by atoms with van der Waals surface area (Å²) in [7, 11) is 0. The third-order valence-corrected chi connectivity index (χ3v) is 8.65. The van der Waals surface area contributed by atoms with E-state index in [2.05, 4.69) is 53.2 Å². The maximum atomic E-state index is 13.1. The van der Waals surface area contributed by atoms with E-state index in [4.69, 9.17) is 14.2 Å². The van der Waals surface area contributed by atoms with Crippen molar-refractivity contribution in [3.8, 4) is 23.1 Å². The molecule has 1 fully saturated rings. The smallest absolute Gasteiger partial charge is 0.246 e. The number of aryl methyl sites for hydroxylation is 2. The highest BCUT2D eigenvalue weighted by Crippen LogP contribution is 2.25. The molecule has 1 saturated heterocycles. The zero-order valence-electron chi connectivity index (χ0n) is 28.6. The van der Waals surface area contributed by atoms with Gasteiger partial charge in [-0.25, -0.2) is 9.37 Å². The number of nitrogens with zero attached hydrogens (tertiary/aromatic N) is 3. The van der Waals surface area contributed by atoms with Crippen LogP contribution in [0.4, 0.5) is 4.39 Å². The Bertz CT molecular complexity index is 1880. The Morgan fingerprint density at radius 3 is 2.24 bits per heavy atom. The Labute approximate surface area is 293 Å². The lowest BCUT2D eigenvalue weighted by Crippen LogP contribution is -2.47. The Kier molecular flexibility index (Phi) is 11.5. The van der Waals surface area contributed by atoms with Crippen LogP contribution in [0.2, 0.25) is 0 Å². The number of aromatic nitrogens is 1. The fourth-order valence-corrected chi connectivity index (χ4v) is 5.78. The number of hydrogen-bond donors (Lipinski definition) is 0. The van der Waals surface area contributed by atoms with E-state index in [-0.39, 0.29) is 11.7 Å². The molecule has 8 heteroatoms. The average Bonchev–Trinajstić information content (AvgIpc) is 3.13. The van der Waals surface area contributed by atoms with Crippen molar-refractivity contribution in [2.75, 3.05) is 32.8 Å². The molecule has 0 aliphatic carbocycles. The van der Waals surface area contributed by atoms with Gasteiger partial charge in [0.15, 0.2) is 0 Å². The van der Waals surface area contributed by atoms with Crippen LogP contribution >= 0.6 is 0 Å². The van der Waals surface area contributed by atoms with Gasteiger partial charge in [-0.1, -0.05) is 60.2 Å². The lowest BCUT2D eigenvalue weighted by Gasteiger charge is -2.34. The van der Waals surface area contributed by atoms with E-state index in [0.29, 0.717) is 49.4 Å². The van der Waals surface area contributed by atoms with Gasteiger partial charge in [-0.2, -0.15) is 0 Å². The first kappa shape index (κ1) is 34.4. The molecular weight excluding hydrogens is 629 g/mol. The molecule has 2 heterocycles. The first-order valence-electron chi connectivity index (χ1n) is 16.9. The van der Waals surface area contributed by atoms with Crippen LogP contribution in [0.3, 0.4) is 0 Å². The molecule has 0 radical (unpaired) electrons. The molecule has 50 heavy (non-hydrogen) atoms. The van der Waals surface area contributed by atoms with Crippen molar-refractivity contribution in [1.29, 1.82) is 0 Å². The Morgan fingerprint density at radius 2 is 1.52 bits per heavy atom. The highest BCUT2D eigenvalue weighted by atomic mass is 19.1. The molecule has 1 amide bonds. The quantitative estimate of drug-likeness (QED) is 0.118. The summed E-state index contributed by atoms with van der Waals surface area (Å²) < 4.78 is 30.6. The summed E-state index contributed by atoms with van der Waals surface area (Å²) in [5.41, 5.74) is 6.71. The van der Waals surface area contributed by atoms with Crippen LogP contribution in [0.5, 0.6) is 23.1 Å². The van der Waals surface area contributed by atoms with E-state index in [1.54, 1.807) is 30.5 Å². The summed E-state index contributed by atoms with van der Waals surface area (Å²) in [5.74, 6) is 2.25. The van der Waals surface area contributed by atoms with Crippen molar-refractivity contribution in [3.63, 3.8) is 0 Å². The Hall–Kier alpha value is -5.47. The second kappa shape index (κ2) is 16.8. The van der Waals surface area contributed by atoms with Crippen molar-refractivity contribution in [1.82, 2.24) is 14.8 Å². The standard InChI is InChI=1S/C42H42FN3O4/c1-31-4-3-5-35(26-31)30-49-40-17-18-41(44-28-40)50-39-14-10-36(32(2)27-39)11-19-42(47)46-23-21-45(22-24-46)29-34-8-6-33(7-9-34)20-25-48-38-15-12-37(43)13-16-38/h3-19,26-28H,20-25,29-30H2,1-2H3/b19-11+. The molecule has 0 bridgehead atoms. The van der Waals surface area contributed by atoms with Crippen molar-refractivity contribution < 1.29 is 23.4 Å². The summed E-state index contributed by atoms with van der Waals surface area (Å²) >= 11 is 0. The van der Waals surface area contributed by atoms with Crippen LogP contribution in [0, 0.1) is 19.7 Å². The molecule has 1 aliphatic heterocycles. The fraction of sp³-hybridized carbons (Fsp3) is 0.238. The molecule has 1 aromatic heterocycles. The summed E-state index contributed by atoms with van der Waals surface area (Å²) in [4.78, 5) is 21.7. The number of piperazine rings is 1. The Balaban J connectivity index is 0.913. The zero-order valence-corrected chi connectivity index (χ0v) is 28.6. The summed E-state index contributed by atoms with van der Waals surface area (Å²) in [6, 6.07) is 32.3. The van der Waals surface area contributed by atoms with Crippen molar-refractivity contribution in [3.05, 3.63) is 155 Å². The molecule has 7 nitrogen and oxygen atoms in total. The van der Waals surface area contributed by atoms with E-state index in [1.165, 1.54) is 28.8 Å². The van der Waals surface area contributed by atoms with Gasteiger partial charge >= 0.3 is 0 Å². The first-order chi connectivity index (χ1) is 24.4. The van der Waals surface area contributed by atoms with E-state index in [1.807, 2.05) is 54.3 Å². The number of rotatable bonds is 13. The highest BCUT2D eigenvalue weighted by molar-refractivity contribution is 5.92. The summed E-state index contributed by atoms with van der Waals surface area (Å²) in [5, 5.41) is 0. The number of amides is 1. The lowest BCUT2D eigenvalue weighted by molar-refractivity contribution is -0.127. The van der Waals surface area contributed by atoms with Gasteiger partial charge in [-0.05, 0) is 90.2 Å². The largest absolute Gasteiger partial charge is 0.493 e. The molecule has 0 spiro atoms. The lowest BCUT2D eigenvalue weighted by atomic mass is 10.1. The van der Waals surface area contributed by atoms with Crippen molar-refractivity contribution in [2.24, 2.45) is 0 Å². The maximum Gasteiger partial charge on any atom is 0.246 e. The monoisotopic (exact) mass is 671 g/mol. The predicted octanol–water partition coefficient (Wildman–Crippen LogP) is 8.19. The normalized spacial score (nSPS) is 13.4. The number of carbonyl (C=O) groups excluding carboxylic acids is 1. The third kappa shape index (κ3) is 10.0. The van der Waals surface area contributed by atoms with Gasteiger partial charge in [0.25, 0.3) is 0 Å². The topological polar surface area (TPSA) is 64.1 Å². The minimum absolute atomic E-state index is 0.0190. The first-order valence-corrected chi connectivity index (χ1v) is 16.9. The molecule has 4 aromatic carbocycles. The van der Waals surface area contributed by atoms with Gasteiger partial charge in [0.1, 0.15) is 29.7 Å². The molecule has 1 aliphatic rings. The molecule has 6 rings (SSSR count). The summed E-state index contributed by atoms with van der Waals surface area (Å²) in [6.07, 6.45) is 5.98. The van der Waals surface area contributed by atoms with Crippen LogP contribution in [0.15, 0.2) is 115 Å². The number of benzene rings is 4. The molecule has 0 saturated carbocycles. The van der Waals surface area contributed by atoms with E-state index in [9.17, 15) is 9.18 Å². The van der Waals surface area contributed by atoms with Gasteiger partial charge in [-0.15, -0.1) is 0 Å². The third-order valence-electron chi connectivity index (χ3n) is 8.65. The second-order valence-corrected chi connectivity index (χ2v) is 12.5. The van der Waals surface area contributed by atoms with Crippen LogP contribution in [-0.2, 0) is 24.4 Å². The molecule has 5 aromatic rings. The zero-order chi connectivity index (χ0) is 34.7. The molecule has 0 atom stereocenters. The van der Waals surface area contributed by atoms with E-state index >= 15 is 0 Å². The average molecular weight is 672 g/mol. The minimum atomic E-state index is -0.268. The van der Waals surface area contributed by atoms with Gasteiger partial charge in [-0.3, -0.25) is 9.69 Å². The number of hydrogen-bond acceptors (Lipinski definition) is 6. The van der Waals surface area contributed by atoms with E-state index in [0.717, 1.165) is 42.7 Å². The van der Waals surface area contributed by atoms with Gasteiger partial charge in [0.05, 0.1) is 12.8 Å². The van der Waals surface area contributed by atoms with Crippen LogP contribution < -0.4 is 14.2 Å². The highest BCUT2D eigenvalue weighted by Gasteiger charge is 2.19. The van der Waals surface area contributed by atoms with Crippen molar-refractivity contribution >= 4 is 12.0 Å². The fourth-order valence-electron chi connectivity index (χ4n) is 5.78. The van der Waals surface area contributed by atoms with Crippen LogP contribution in [-0.4, -0.2) is 53.5 Å². The summed E-state index contributed by atoms with van der Waals surface area (Å²) in [6.45, 7) is 8.96. The van der Waals surface area contributed by atoms with Crippen molar-refractivity contribution in [2.45, 2.75) is 33.4 Å². The molecular formula is C42H42FN3O4. The molecule has 0 N–H and O–H groups in total. The van der Waals surface area contributed by atoms with Gasteiger partial charge in [0.2, 0.25) is 11.8 Å². The number of pyridine rings is 1. The van der Waals surface area contributed by atoms with Gasteiger partial charge < -0.3 is 19.1 Å². The van der Waals surface area contributed by atoms with Crippen LogP contribution in [0.25, 0.3) is 6.08 Å². The maximum absolute atomic E-state index is 13.1. The predicted molar refractivity (Wildman–Crippen MR) is 194 cm³/mol. The van der Waals surface area contributed by atoms with Crippen LogP contribution in [0.1, 0.15) is 33.4 Å². The number of halogens is 1. The molecule has 0 unspecified atom stereocenters. The second-order valence-electron chi connectivity index (χ2n) is 12.5. The SMILES string of the molecule is Cc1cccc(COc2ccc(Oc3ccc(/C=C/C(=O)N4CCN(Cc5ccc(CCOc6ccc(F)cc6)cc5)CC4)c(C)c3)nc2)c1. The number of carbonyl (C=O) groups is 1. The number of ether oxygens (including phenoxy) is 3. The van der Waals surface area contributed by atoms with Gasteiger partial charge in [0, 0.05) is 51.3 Å².